The normalized spacial score (nSPS) is 25.4. The molecular weight excluding hydrogens is 186 g/mol. The quantitative estimate of drug-likeness (QED) is 0.499. The number of carbonyl (C=O) groups excluding carboxylic acids is 1. The van der Waals surface area contributed by atoms with Crippen LogP contribution in [0.25, 0.3) is 0 Å². The maximum absolute atomic E-state index is 11.4. The Morgan fingerprint density at radius 2 is 2.07 bits per heavy atom. The van der Waals surface area contributed by atoms with E-state index in [0.717, 1.165) is 0 Å². The molecule has 1 amide bonds. The van der Waals surface area contributed by atoms with Crippen LogP contribution < -0.4 is 0 Å². The summed E-state index contributed by atoms with van der Waals surface area (Å²) in [6, 6.07) is 6.33. The lowest BCUT2D eigenvalue weighted by molar-refractivity contribution is -0.348. The van der Waals surface area contributed by atoms with Crippen LogP contribution in [0.15, 0.2) is 24.3 Å². The van der Waals surface area contributed by atoms with Gasteiger partial charge in [-0.25, -0.2) is 0 Å². The first-order valence-electron chi connectivity index (χ1n) is 4.01. The van der Waals surface area contributed by atoms with Crippen molar-refractivity contribution in [3.8, 4) is 0 Å². The van der Waals surface area contributed by atoms with Crippen molar-refractivity contribution in [3.63, 3.8) is 0 Å². The third-order valence-corrected chi connectivity index (χ3v) is 2.27. The van der Waals surface area contributed by atoms with Crippen molar-refractivity contribution >= 4 is 5.91 Å². The molecule has 14 heavy (non-hydrogen) atoms. The van der Waals surface area contributed by atoms with Gasteiger partial charge in [-0.1, -0.05) is 18.2 Å². The van der Waals surface area contributed by atoms with E-state index in [1.165, 1.54) is 19.2 Å². The number of ether oxygens (including phenoxy) is 1. The van der Waals surface area contributed by atoms with Crippen LogP contribution in [0, 0.1) is 0 Å². The third-order valence-electron chi connectivity index (χ3n) is 2.27. The highest BCUT2D eigenvalue weighted by atomic mass is 16.7. The molecule has 1 aromatic rings. The number of nitrogens with zero attached hydrogens (tertiary/aromatic N) is 1. The highest BCUT2D eigenvalue weighted by Crippen LogP contribution is 2.35. The van der Waals surface area contributed by atoms with Gasteiger partial charge >= 0.3 is 5.91 Å². The molecule has 1 atom stereocenters. The topological polar surface area (TPSA) is 70.0 Å². The standard InChI is InChI=1S/C9H9NO4/c1-14-9(12)7-5-3-2-4-6(7)8(11)10(9)13/h2-5,12-13H,1H3. The van der Waals surface area contributed by atoms with Crippen molar-refractivity contribution in [1.82, 2.24) is 5.06 Å². The smallest absolute Gasteiger partial charge is 0.303 e. The molecule has 0 aromatic heterocycles. The van der Waals surface area contributed by atoms with E-state index in [1.807, 2.05) is 0 Å². The Hall–Kier alpha value is -1.43. The number of hydroxylamine groups is 2. The highest BCUT2D eigenvalue weighted by Gasteiger charge is 2.49. The molecule has 2 N–H and O–H groups in total. The van der Waals surface area contributed by atoms with Gasteiger partial charge in [0.2, 0.25) is 0 Å². The number of aliphatic hydroxyl groups is 1. The van der Waals surface area contributed by atoms with Crippen LogP contribution in [-0.2, 0) is 10.6 Å². The van der Waals surface area contributed by atoms with Crippen LogP contribution in [0.4, 0.5) is 0 Å². The predicted octanol–water partition coefficient (Wildman–Crippen LogP) is 0.281. The zero-order valence-corrected chi connectivity index (χ0v) is 7.47. The van der Waals surface area contributed by atoms with Crippen LogP contribution >= 0.6 is 0 Å². The first kappa shape index (κ1) is 9.14. The van der Waals surface area contributed by atoms with Gasteiger partial charge in [0.15, 0.2) is 0 Å². The van der Waals surface area contributed by atoms with Crippen molar-refractivity contribution in [2.45, 2.75) is 5.91 Å². The molecule has 2 rings (SSSR count). The van der Waals surface area contributed by atoms with Gasteiger partial charge in [0.1, 0.15) is 0 Å². The Kier molecular flexibility index (Phi) is 1.81. The zero-order chi connectivity index (χ0) is 10.3. The van der Waals surface area contributed by atoms with Gasteiger partial charge in [0.05, 0.1) is 5.56 Å². The molecule has 1 aliphatic rings. The SMILES string of the molecule is COC1(O)c2ccccc2C(=O)N1O. The number of rotatable bonds is 1. The average molecular weight is 195 g/mol. The molecule has 0 saturated carbocycles. The number of hydrogen-bond acceptors (Lipinski definition) is 4. The number of carbonyl (C=O) groups is 1. The molecule has 5 nitrogen and oxygen atoms in total. The lowest BCUT2D eigenvalue weighted by Gasteiger charge is -2.26. The molecule has 0 saturated heterocycles. The summed E-state index contributed by atoms with van der Waals surface area (Å²) in [5.74, 6) is -2.74. The number of hydrogen-bond donors (Lipinski definition) is 2. The summed E-state index contributed by atoms with van der Waals surface area (Å²) in [6.45, 7) is 0. The van der Waals surface area contributed by atoms with Crippen molar-refractivity contribution in [2.24, 2.45) is 0 Å². The summed E-state index contributed by atoms with van der Waals surface area (Å²) in [6.07, 6.45) is 0. The molecule has 74 valence electrons. The first-order chi connectivity index (χ1) is 6.61. The lowest BCUT2D eigenvalue weighted by atomic mass is 10.1. The molecule has 0 bridgehead atoms. The van der Waals surface area contributed by atoms with Gasteiger partial charge in [-0.05, 0) is 6.07 Å². The molecule has 1 aliphatic heterocycles. The summed E-state index contributed by atoms with van der Waals surface area (Å²) in [4.78, 5) is 11.4. The molecule has 0 radical (unpaired) electrons. The summed E-state index contributed by atoms with van der Waals surface area (Å²) in [5, 5.41) is 19.3. The van der Waals surface area contributed by atoms with E-state index in [9.17, 15) is 15.1 Å². The van der Waals surface area contributed by atoms with Gasteiger partial charge in [-0.15, -0.1) is 0 Å². The van der Waals surface area contributed by atoms with Gasteiger partial charge in [-0.2, -0.15) is 5.06 Å². The number of benzene rings is 1. The maximum Gasteiger partial charge on any atom is 0.303 e. The van der Waals surface area contributed by atoms with E-state index >= 15 is 0 Å². The summed E-state index contributed by atoms with van der Waals surface area (Å²) in [5.41, 5.74) is 0.481. The molecular formula is C9H9NO4. The highest BCUT2D eigenvalue weighted by molar-refractivity contribution is 5.98. The fourth-order valence-electron chi connectivity index (χ4n) is 1.52. The minimum Gasteiger partial charge on any atom is -0.343 e. The van der Waals surface area contributed by atoms with E-state index < -0.39 is 11.8 Å². The Morgan fingerprint density at radius 1 is 1.43 bits per heavy atom. The second kappa shape index (κ2) is 2.78. The van der Waals surface area contributed by atoms with Gasteiger partial charge in [0, 0.05) is 12.7 Å². The zero-order valence-electron chi connectivity index (χ0n) is 7.47. The lowest BCUT2D eigenvalue weighted by Crippen LogP contribution is -2.42. The average Bonchev–Trinajstić information content (AvgIpc) is 2.43. The maximum atomic E-state index is 11.4. The second-order valence-electron chi connectivity index (χ2n) is 2.97. The second-order valence-corrected chi connectivity index (χ2v) is 2.97. The number of amides is 1. The summed E-state index contributed by atoms with van der Waals surface area (Å²) < 4.78 is 4.72. The van der Waals surface area contributed by atoms with E-state index in [2.05, 4.69) is 0 Å². The van der Waals surface area contributed by atoms with Gasteiger partial charge < -0.3 is 9.84 Å². The Balaban J connectivity index is 2.65. The summed E-state index contributed by atoms with van der Waals surface area (Å²) >= 11 is 0. The largest absolute Gasteiger partial charge is 0.343 e. The van der Waals surface area contributed by atoms with Crippen LogP contribution in [-0.4, -0.2) is 28.4 Å². The minimum absolute atomic E-state index is 0.178. The fraction of sp³-hybridized carbons (Fsp3) is 0.222. The fourth-order valence-corrected chi connectivity index (χ4v) is 1.52. The number of fused-ring (bicyclic) bond motifs is 1. The Morgan fingerprint density at radius 3 is 2.71 bits per heavy atom. The molecule has 5 heteroatoms. The molecule has 0 fully saturated rings. The van der Waals surface area contributed by atoms with E-state index in [0.29, 0.717) is 0 Å². The van der Waals surface area contributed by atoms with Crippen molar-refractivity contribution in [2.75, 3.05) is 7.11 Å². The van der Waals surface area contributed by atoms with Crippen LogP contribution in [0.5, 0.6) is 0 Å². The predicted molar refractivity (Wildman–Crippen MR) is 45.3 cm³/mol. The molecule has 1 unspecified atom stereocenters. The van der Waals surface area contributed by atoms with E-state index in [4.69, 9.17) is 4.74 Å². The minimum atomic E-state index is -2.06. The van der Waals surface area contributed by atoms with Crippen LogP contribution in [0.2, 0.25) is 0 Å². The van der Waals surface area contributed by atoms with Crippen molar-refractivity contribution < 1.29 is 19.8 Å². The molecule has 0 aliphatic carbocycles. The third kappa shape index (κ3) is 0.913. The first-order valence-corrected chi connectivity index (χ1v) is 4.01. The van der Waals surface area contributed by atoms with Gasteiger partial charge in [0.25, 0.3) is 5.91 Å². The molecule has 1 heterocycles. The van der Waals surface area contributed by atoms with Crippen LogP contribution in [0.3, 0.4) is 0 Å². The van der Waals surface area contributed by atoms with E-state index in [-0.39, 0.29) is 16.2 Å². The van der Waals surface area contributed by atoms with Crippen molar-refractivity contribution in [1.29, 1.82) is 0 Å². The number of methoxy groups -OCH3 is 1. The monoisotopic (exact) mass is 195 g/mol. The molecule has 0 spiro atoms. The Labute approximate surface area is 80.1 Å². The Bertz CT molecular complexity index is 392. The van der Waals surface area contributed by atoms with Crippen molar-refractivity contribution in [3.05, 3.63) is 35.4 Å². The summed E-state index contributed by atoms with van der Waals surface area (Å²) in [7, 11) is 1.21. The van der Waals surface area contributed by atoms with Gasteiger partial charge in [-0.3, -0.25) is 10.0 Å². The molecule has 1 aromatic carbocycles. The van der Waals surface area contributed by atoms with Crippen LogP contribution in [0.1, 0.15) is 15.9 Å². The van der Waals surface area contributed by atoms with E-state index in [1.54, 1.807) is 12.1 Å².